The Morgan fingerprint density at radius 2 is 1.91 bits per heavy atom. The standard InChI is InChI=1S/C25H26ClN5O2S/c1-4-22(32)29-20-9-10-21(23(26)17(20)3)34-24-16(2)15-27-25(30-24)28-18-5-7-19(8-6-18)31-11-13-33-14-12-31/h4-10,15H,1,11-14H2,2-3H3,(H,29,32)(H,27,28,30). The Bertz CT molecular complexity index is 1200. The number of anilines is 4. The average Bonchev–Trinajstić information content (AvgIpc) is 2.86. The molecule has 0 saturated carbocycles. The zero-order chi connectivity index (χ0) is 24.1. The number of aryl methyl sites for hydroxylation is 1. The van der Waals surface area contributed by atoms with Gasteiger partial charge in [0.1, 0.15) is 5.03 Å². The number of morpholine rings is 1. The highest BCUT2D eigenvalue weighted by Gasteiger charge is 2.14. The summed E-state index contributed by atoms with van der Waals surface area (Å²) < 4.78 is 5.43. The van der Waals surface area contributed by atoms with E-state index in [0.29, 0.717) is 16.7 Å². The van der Waals surface area contributed by atoms with Crippen LogP contribution in [0.1, 0.15) is 11.1 Å². The van der Waals surface area contributed by atoms with E-state index in [2.05, 4.69) is 39.2 Å². The minimum absolute atomic E-state index is 0.278. The lowest BCUT2D eigenvalue weighted by Crippen LogP contribution is -2.36. The van der Waals surface area contributed by atoms with E-state index in [4.69, 9.17) is 21.3 Å². The molecule has 0 spiro atoms. The maximum Gasteiger partial charge on any atom is 0.247 e. The molecule has 0 aliphatic carbocycles. The number of hydrogen-bond acceptors (Lipinski definition) is 7. The van der Waals surface area contributed by atoms with Crippen LogP contribution < -0.4 is 15.5 Å². The Morgan fingerprint density at radius 3 is 2.62 bits per heavy atom. The summed E-state index contributed by atoms with van der Waals surface area (Å²) in [6.45, 7) is 10.6. The van der Waals surface area contributed by atoms with Crippen molar-refractivity contribution < 1.29 is 9.53 Å². The molecule has 2 N–H and O–H groups in total. The van der Waals surface area contributed by atoms with E-state index in [0.717, 1.165) is 53.0 Å². The Morgan fingerprint density at radius 1 is 1.18 bits per heavy atom. The van der Waals surface area contributed by atoms with E-state index in [1.54, 1.807) is 6.20 Å². The number of benzene rings is 2. The monoisotopic (exact) mass is 495 g/mol. The lowest BCUT2D eigenvalue weighted by atomic mass is 10.2. The fourth-order valence-electron chi connectivity index (χ4n) is 3.46. The minimum Gasteiger partial charge on any atom is -0.378 e. The molecule has 7 nitrogen and oxygen atoms in total. The Balaban J connectivity index is 1.49. The minimum atomic E-state index is -0.278. The van der Waals surface area contributed by atoms with Crippen LogP contribution in [0.4, 0.5) is 23.0 Å². The number of amides is 1. The van der Waals surface area contributed by atoms with E-state index in [-0.39, 0.29) is 5.91 Å². The van der Waals surface area contributed by atoms with Crippen molar-refractivity contribution in [2.75, 3.05) is 41.8 Å². The van der Waals surface area contributed by atoms with Gasteiger partial charge >= 0.3 is 0 Å². The molecule has 1 aliphatic rings. The molecule has 2 aromatic carbocycles. The lowest BCUT2D eigenvalue weighted by Gasteiger charge is -2.28. The van der Waals surface area contributed by atoms with Gasteiger partial charge in [-0.2, -0.15) is 0 Å². The third kappa shape index (κ3) is 5.70. The number of rotatable bonds is 7. The number of ether oxygens (including phenoxy) is 1. The molecule has 1 fully saturated rings. The first kappa shape index (κ1) is 24.1. The van der Waals surface area contributed by atoms with Crippen LogP contribution in [0.5, 0.6) is 0 Å². The summed E-state index contributed by atoms with van der Waals surface area (Å²) in [6.07, 6.45) is 3.02. The van der Waals surface area contributed by atoms with Crippen LogP contribution in [0.15, 0.2) is 65.2 Å². The molecule has 34 heavy (non-hydrogen) atoms. The first-order chi connectivity index (χ1) is 16.4. The summed E-state index contributed by atoms with van der Waals surface area (Å²) in [7, 11) is 0. The Hall–Kier alpha value is -3.07. The van der Waals surface area contributed by atoms with Crippen molar-refractivity contribution in [3.63, 3.8) is 0 Å². The quantitative estimate of drug-likeness (QED) is 0.326. The smallest absolute Gasteiger partial charge is 0.247 e. The zero-order valence-corrected chi connectivity index (χ0v) is 20.7. The SMILES string of the molecule is C=CC(=O)Nc1ccc(Sc2nc(Nc3ccc(N4CCOCC4)cc3)ncc2C)c(Cl)c1C. The number of nitrogens with zero attached hydrogens (tertiary/aromatic N) is 3. The number of halogens is 1. The Labute approximate surface area is 208 Å². The highest BCUT2D eigenvalue weighted by atomic mass is 35.5. The highest BCUT2D eigenvalue weighted by molar-refractivity contribution is 7.99. The van der Waals surface area contributed by atoms with Crippen molar-refractivity contribution in [1.29, 1.82) is 0 Å². The molecular formula is C25H26ClN5O2S. The third-order valence-corrected chi connectivity index (χ3v) is 7.19. The molecular weight excluding hydrogens is 470 g/mol. The average molecular weight is 496 g/mol. The fourth-order valence-corrected chi connectivity index (χ4v) is 4.67. The molecule has 1 saturated heterocycles. The number of carbonyl (C=O) groups excluding carboxylic acids is 1. The molecule has 0 atom stereocenters. The summed E-state index contributed by atoms with van der Waals surface area (Å²) >= 11 is 8.07. The molecule has 9 heteroatoms. The molecule has 0 unspecified atom stereocenters. The van der Waals surface area contributed by atoms with E-state index in [9.17, 15) is 4.79 Å². The van der Waals surface area contributed by atoms with Crippen LogP contribution in [0, 0.1) is 13.8 Å². The molecule has 1 aliphatic heterocycles. The van der Waals surface area contributed by atoms with Gasteiger partial charge in [-0.25, -0.2) is 9.97 Å². The molecule has 4 rings (SSSR count). The van der Waals surface area contributed by atoms with Crippen molar-refractivity contribution in [2.24, 2.45) is 0 Å². The van der Waals surface area contributed by atoms with Crippen molar-refractivity contribution in [2.45, 2.75) is 23.8 Å². The van der Waals surface area contributed by atoms with Gasteiger partial charge in [-0.3, -0.25) is 4.79 Å². The van der Waals surface area contributed by atoms with E-state index < -0.39 is 0 Å². The van der Waals surface area contributed by atoms with Gasteiger partial charge in [-0.05, 0) is 61.9 Å². The van der Waals surface area contributed by atoms with Crippen molar-refractivity contribution in [3.05, 3.63) is 71.4 Å². The summed E-state index contributed by atoms with van der Waals surface area (Å²) in [5.41, 5.74) is 4.46. The van der Waals surface area contributed by atoms with Crippen LogP contribution in [-0.2, 0) is 9.53 Å². The molecule has 2 heterocycles. The summed E-state index contributed by atoms with van der Waals surface area (Å²) in [4.78, 5) is 23.9. The van der Waals surface area contributed by atoms with Gasteiger partial charge < -0.3 is 20.3 Å². The molecule has 176 valence electrons. The van der Waals surface area contributed by atoms with Gasteiger partial charge in [0.25, 0.3) is 0 Å². The predicted octanol–water partition coefficient (Wildman–Crippen LogP) is 5.60. The van der Waals surface area contributed by atoms with Gasteiger partial charge in [0.05, 0.1) is 18.2 Å². The lowest BCUT2D eigenvalue weighted by molar-refractivity contribution is -0.111. The van der Waals surface area contributed by atoms with Crippen LogP contribution in [-0.4, -0.2) is 42.2 Å². The van der Waals surface area contributed by atoms with Crippen LogP contribution >= 0.6 is 23.4 Å². The van der Waals surface area contributed by atoms with E-state index in [1.165, 1.54) is 23.5 Å². The molecule has 1 amide bonds. The summed E-state index contributed by atoms with van der Waals surface area (Å²) in [6, 6.07) is 11.9. The molecule has 0 bridgehead atoms. The van der Waals surface area contributed by atoms with E-state index in [1.807, 2.05) is 38.1 Å². The first-order valence-electron chi connectivity index (χ1n) is 10.9. The topological polar surface area (TPSA) is 79.4 Å². The molecule has 1 aromatic heterocycles. The van der Waals surface area contributed by atoms with Gasteiger partial charge in [0.2, 0.25) is 11.9 Å². The van der Waals surface area contributed by atoms with Gasteiger partial charge in [-0.15, -0.1) is 0 Å². The van der Waals surface area contributed by atoms with Gasteiger partial charge in [0, 0.05) is 46.8 Å². The van der Waals surface area contributed by atoms with Crippen molar-refractivity contribution >= 4 is 52.3 Å². The second-order valence-corrected chi connectivity index (χ2v) is 9.21. The Kier molecular flexibility index (Phi) is 7.72. The number of hydrogen-bond donors (Lipinski definition) is 2. The molecule has 0 radical (unpaired) electrons. The zero-order valence-electron chi connectivity index (χ0n) is 19.1. The first-order valence-corrected chi connectivity index (χ1v) is 12.1. The number of carbonyl (C=O) groups is 1. The van der Waals surface area contributed by atoms with Crippen LogP contribution in [0.3, 0.4) is 0 Å². The second kappa shape index (κ2) is 10.9. The summed E-state index contributed by atoms with van der Waals surface area (Å²) in [5, 5.41) is 7.42. The van der Waals surface area contributed by atoms with Gasteiger partial charge in [-0.1, -0.05) is 29.9 Å². The maximum absolute atomic E-state index is 11.6. The number of nitrogens with one attached hydrogen (secondary N) is 2. The second-order valence-electron chi connectivity index (χ2n) is 7.80. The summed E-state index contributed by atoms with van der Waals surface area (Å²) in [5.74, 6) is 0.231. The maximum atomic E-state index is 11.6. The molecule has 3 aromatic rings. The van der Waals surface area contributed by atoms with Crippen LogP contribution in [0.25, 0.3) is 0 Å². The van der Waals surface area contributed by atoms with Crippen LogP contribution in [0.2, 0.25) is 5.02 Å². The van der Waals surface area contributed by atoms with Crippen molar-refractivity contribution in [3.8, 4) is 0 Å². The van der Waals surface area contributed by atoms with Gasteiger partial charge in [0.15, 0.2) is 0 Å². The third-order valence-electron chi connectivity index (χ3n) is 5.43. The van der Waals surface area contributed by atoms with Crippen molar-refractivity contribution in [1.82, 2.24) is 9.97 Å². The number of aromatic nitrogens is 2. The fraction of sp³-hybridized carbons (Fsp3) is 0.240. The van der Waals surface area contributed by atoms with E-state index >= 15 is 0 Å². The highest BCUT2D eigenvalue weighted by Crippen LogP contribution is 2.38. The normalized spacial score (nSPS) is 13.4. The predicted molar refractivity (Wildman–Crippen MR) is 139 cm³/mol. The largest absolute Gasteiger partial charge is 0.378 e.